The summed E-state index contributed by atoms with van der Waals surface area (Å²) in [6, 6.07) is 0. The highest BCUT2D eigenvalue weighted by molar-refractivity contribution is 5.85. The van der Waals surface area contributed by atoms with Gasteiger partial charge >= 0.3 is 0 Å². The highest BCUT2D eigenvalue weighted by atomic mass is 35.5. The fourth-order valence-electron chi connectivity index (χ4n) is 1.59. The average Bonchev–Trinajstić information content (AvgIpc) is 2.06. The minimum absolute atomic E-state index is 0. The zero-order chi connectivity index (χ0) is 8.10. The Morgan fingerprint density at radius 3 is 2.92 bits per heavy atom. The lowest BCUT2D eigenvalue weighted by Crippen LogP contribution is -2.41. The van der Waals surface area contributed by atoms with Crippen molar-refractivity contribution in [2.75, 3.05) is 33.3 Å². The van der Waals surface area contributed by atoms with Gasteiger partial charge in [0.2, 0.25) is 0 Å². The van der Waals surface area contributed by atoms with Gasteiger partial charge in [-0.05, 0) is 19.4 Å². The summed E-state index contributed by atoms with van der Waals surface area (Å²) in [5, 5.41) is 0. The molecule has 1 rings (SSSR count). The molecule has 1 aliphatic rings. The van der Waals surface area contributed by atoms with E-state index in [2.05, 4.69) is 4.90 Å². The first-order chi connectivity index (χ1) is 5.36. The molecule has 0 saturated carbocycles. The first-order valence-electron chi connectivity index (χ1n) is 4.32. The van der Waals surface area contributed by atoms with Gasteiger partial charge in [-0.15, -0.1) is 12.4 Å². The van der Waals surface area contributed by atoms with E-state index in [9.17, 15) is 0 Å². The number of piperidine rings is 1. The molecule has 0 spiro atoms. The number of nitrogens with zero attached hydrogens (tertiary/aromatic N) is 1. The summed E-state index contributed by atoms with van der Waals surface area (Å²) in [5.74, 6) is 0. The van der Waals surface area contributed by atoms with Gasteiger partial charge in [-0.1, -0.05) is 0 Å². The second kappa shape index (κ2) is 6.66. The van der Waals surface area contributed by atoms with Crippen molar-refractivity contribution in [2.45, 2.75) is 18.9 Å². The van der Waals surface area contributed by atoms with Crippen molar-refractivity contribution in [3.05, 3.63) is 0 Å². The predicted octanol–water partition coefficient (Wildman–Crippen LogP) is 0.478. The van der Waals surface area contributed by atoms with E-state index < -0.39 is 0 Å². The maximum atomic E-state index is 5.46. The van der Waals surface area contributed by atoms with Gasteiger partial charge in [0.05, 0.1) is 6.10 Å². The lowest BCUT2D eigenvalue weighted by Gasteiger charge is -2.31. The van der Waals surface area contributed by atoms with E-state index in [4.69, 9.17) is 10.5 Å². The van der Waals surface area contributed by atoms with Gasteiger partial charge in [-0.25, -0.2) is 0 Å². The van der Waals surface area contributed by atoms with Crippen molar-refractivity contribution < 1.29 is 4.74 Å². The molecule has 0 aromatic carbocycles. The zero-order valence-corrected chi connectivity index (χ0v) is 8.48. The van der Waals surface area contributed by atoms with Crippen LogP contribution >= 0.6 is 12.4 Å². The molecule has 0 aliphatic carbocycles. The minimum atomic E-state index is 0. The molecule has 12 heavy (non-hydrogen) atoms. The Morgan fingerprint density at radius 2 is 2.33 bits per heavy atom. The number of hydrogen-bond acceptors (Lipinski definition) is 3. The Hall–Kier alpha value is 0.170. The summed E-state index contributed by atoms with van der Waals surface area (Å²) < 4.78 is 5.29. The number of hydrogen-bond donors (Lipinski definition) is 1. The Morgan fingerprint density at radius 1 is 1.58 bits per heavy atom. The summed E-state index contributed by atoms with van der Waals surface area (Å²) in [7, 11) is 1.79. The largest absolute Gasteiger partial charge is 0.380 e. The highest BCUT2D eigenvalue weighted by Crippen LogP contribution is 2.11. The van der Waals surface area contributed by atoms with E-state index in [0.29, 0.717) is 6.10 Å². The molecule has 1 unspecified atom stereocenters. The van der Waals surface area contributed by atoms with Crippen LogP contribution in [0.3, 0.4) is 0 Å². The standard InChI is InChI=1S/C8H18N2O.ClH/c1-11-8-3-2-5-10(7-8)6-4-9;/h8H,2-7,9H2,1H3;1H. The second-order valence-electron chi connectivity index (χ2n) is 3.09. The number of rotatable bonds is 3. The van der Waals surface area contributed by atoms with Crippen LogP contribution in [0, 0.1) is 0 Å². The Bertz CT molecular complexity index is 111. The highest BCUT2D eigenvalue weighted by Gasteiger charge is 2.17. The van der Waals surface area contributed by atoms with Crippen LogP contribution in [0.15, 0.2) is 0 Å². The Kier molecular flexibility index (Phi) is 6.76. The van der Waals surface area contributed by atoms with Crippen LogP contribution in [0.5, 0.6) is 0 Å². The van der Waals surface area contributed by atoms with Crippen LogP contribution in [0.4, 0.5) is 0 Å². The van der Waals surface area contributed by atoms with E-state index in [1.165, 1.54) is 19.4 Å². The summed E-state index contributed by atoms with van der Waals surface area (Å²) in [6.07, 6.45) is 2.89. The molecule has 1 saturated heterocycles. The molecule has 1 aliphatic heterocycles. The second-order valence-corrected chi connectivity index (χ2v) is 3.09. The molecule has 0 bridgehead atoms. The molecule has 74 valence electrons. The molecular formula is C8H19ClN2O. The van der Waals surface area contributed by atoms with Crippen molar-refractivity contribution in [3.8, 4) is 0 Å². The predicted molar refractivity (Wildman–Crippen MR) is 52.8 cm³/mol. The minimum Gasteiger partial charge on any atom is -0.380 e. The van der Waals surface area contributed by atoms with Crippen molar-refractivity contribution >= 4 is 12.4 Å². The molecule has 4 heteroatoms. The van der Waals surface area contributed by atoms with Crippen molar-refractivity contribution in [2.24, 2.45) is 5.73 Å². The van der Waals surface area contributed by atoms with Crippen LogP contribution in [0.2, 0.25) is 0 Å². The maximum absolute atomic E-state index is 5.46. The number of halogens is 1. The SMILES string of the molecule is COC1CCCN(CCN)C1.Cl. The summed E-state index contributed by atoms with van der Waals surface area (Å²) >= 11 is 0. The molecule has 0 aromatic rings. The topological polar surface area (TPSA) is 38.5 Å². The van der Waals surface area contributed by atoms with E-state index in [0.717, 1.165) is 19.6 Å². The monoisotopic (exact) mass is 194 g/mol. The fraction of sp³-hybridized carbons (Fsp3) is 1.00. The van der Waals surface area contributed by atoms with E-state index >= 15 is 0 Å². The number of likely N-dealkylation sites (tertiary alicyclic amines) is 1. The van der Waals surface area contributed by atoms with Crippen molar-refractivity contribution in [1.82, 2.24) is 4.90 Å². The van der Waals surface area contributed by atoms with Gasteiger partial charge < -0.3 is 10.5 Å². The zero-order valence-electron chi connectivity index (χ0n) is 7.66. The quantitative estimate of drug-likeness (QED) is 0.711. The van der Waals surface area contributed by atoms with Gasteiger partial charge in [0.1, 0.15) is 0 Å². The maximum Gasteiger partial charge on any atom is 0.0698 e. The number of methoxy groups -OCH3 is 1. The van der Waals surface area contributed by atoms with Gasteiger partial charge in [-0.3, -0.25) is 4.90 Å². The van der Waals surface area contributed by atoms with Gasteiger partial charge in [-0.2, -0.15) is 0 Å². The van der Waals surface area contributed by atoms with Gasteiger partial charge in [0.25, 0.3) is 0 Å². The first-order valence-corrected chi connectivity index (χ1v) is 4.32. The van der Waals surface area contributed by atoms with Crippen molar-refractivity contribution in [1.29, 1.82) is 0 Å². The van der Waals surface area contributed by atoms with Crippen LogP contribution in [0.25, 0.3) is 0 Å². The summed E-state index contributed by atoms with van der Waals surface area (Å²) in [5.41, 5.74) is 5.46. The fourth-order valence-corrected chi connectivity index (χ4v) is 1.59. The van der Waals surface area contributed by atoms with Gasteiger partial charge in [0.15, 0.2) is 0 Å². The lowest BCUT2D eigenvalue weighted by molar-refractivity contribution is 0.0326. The van der Waals surface area contributed by atoms with Crippen LogP contribution in [0.1, 0.15) is 12.8 Å². The normalized spacial score (nSPS) is 25.0. The molecule has 0 aromatic heterocycles. The number of ether oxygens (including phenoxy) is 1. The molecule has 1 atom stereocenters. The summed E-state index contributed by atoms with van der Waals surface area (Å²) in [6.45, 7) is 4.03. The molecule has 0 amide bonds. The molecule has 1 fully saturated rings. The summed E-state index contributed by atoms with van der Waals surface area (Å²) in [4.78, 5) is 2.37. The molecular weight excluding hydrogens is 176 g/mol. The molecule has 1 heterocycles. The molecule has 0 radical (unpaired) electrons. The Balaban J connectivity index is 0.00000121. The molecule has 2 N–H and O–H groups in total. The number of nitrogens with two attached hydrogens (primary N) is 1. The molecule has 3 nitrogen and oxygen atoms in total. The van der Waals surface area contributed by atoms with E-state index in [1.54, 1.807) is 7.11 Å². The first kappa shape index (κ1) is 12.2. The third-order valence-corrected chi connectivity index (χ3v) is 2.24. The lowest BCUT2D eigenvalue weighted by atomic mass is 10.1. The van der Waals surface area contributed by atoms with E-state index in [1.807, 2.05) is 0 Å². The smallest absolute Gasteiger partial charge is 0.0698 e. The van der Waals surface area contributed by atoms with Gasteiger partial charge in [0, 0.05) is 26.7 Å². The Labute approximate surface area is 80.7 Å². The van der Waals surface area contributed by atoms with E-state index in [-0.39, 0.29) is 12.4 Å². The third kappa shape index (κ3) is 3.72. The van der Waals surface area contributed by atoms with Crippen LogP contribution in [-0.4, -0.2) is 44.3 Å². The third-order valence-electron chi connectivity index (χ3n) is 2.24. The average molecular weight is 195 g/mol. The van der Waals surface area contributed by atoms with Crippen LogP contribution < -0.4 is 5.73 Å². The van der Waals surface area contributed by atoms with Crippen molar-refractivity contribution in [3.63, 3.8) is 0 Å². The van der Waals surface area contributed by atoms with Crippen LogP contribution in [-0.2, 0) is 4.74 Å².